The zero-order valence-corrected chi connectivity index (χ0v) is 16.5. The molecule has 4 heteroatoms. The summed E-state index contributed by atoms with van der Waals surface area (Å²) in [6, 6.07) is 15.7. The molecule has 0 aliphatic heterocycles. The Morgan fingerprint density at radius 2 is 0.920 bits per heavy atom. The molecule has 2 aromatic carbocycles. The molecule has 0 aliphatic rings. The van der Waals surface area contributed by atoms with E-state index in [9.17, 15) is 0 Å². The van der Waals surface area contributed by atoms with Crippen LogP contribution in [0.1, 0.15) is 16.7 Å². The van der Waals surface area contributed by atoms with Gasteiger partial charge in [-0.3, -0.25) is 0 Å². The van der Waals surface area contributed by atoms with Gasteiger partial charge < -0.3 is 19.8 Å². The van der Waals surface area contributed by atoms with E-state index in [0.717, 1.165) is 19.6 Å². The number of rotatable bonds is 6. The van der Waals surface area contributed by atoms with E-state index in [4.69, 9.17) is 5.11 Å². The Morgan fingerprint density at radius 1 is 0.600 bits per heavy atom. The van der Waals surface area contributed by atoms with Crippen LogP contribution in [0, 0.1) is 0 Å². The van der Waals surface area contributed by atoms with Crippen molar-refractivity contribution in [1.29, 1.82) is 0 Å². The second kappa shape index (κ2) is 10.9. The molecule has 0 aliphatic carbocycles. The highest BCUT2D eigenvalue weighted by atomic mass is 16.3. The average molecular weight is 344 g/mol. The number of para-hydroxylation sites is 1. The van der Waals surface area contributed by atoms with Crippen LogP contribution in [0.4, 0.5) is 0 Å². The van der Waals surface area contributed by atoms with Gasteiger partial charge in [-0.2, -0.15) is 0 Å². The molecule has 0 aromatic heterocycles. The summed E-state index contributed by atoms with van der Waals surface area (Å²) in [5.41, 5.74) is 4.20. The summed E-state index contributed by atoms with van der Waals surface area (Å²) in [6.45, 7) is 3.01. The first-order valence-corrected chi connectivity index (χ1v) is 8.56. The van der Waals surface area contributed by atoms with E-state index in [1.54, 1.807) is 24.3 Å². The molecule has 1 N–H and O–H groups in total. The summed E-state index contributed by atoms with van der Waals surface area (Å²) < 4.78 is 0. The van der Waals surface area contributed by atoms with Gasteiger partial charge >= 0.3 is 0 Å². The molecule has 2 aromatic rings. The Morgan fingerprint density at radius 3 is 1.12 bits per heavy atom. The van der Waals surface area contributed by atoms with Gasteiger partial charge in [0.2, 0.25) is 0 Å². The summed E-state index contributed by atoms with van der Waals surface area (Å²) in [5.74, 6) is 0.322. The first-order valence-electron chi connectivity index (χ1n) is 8.56. The monoisotopic (exact) mass is 343 g/mol. The van der Waals surface area contributed by atoms with Gasteiger partial charge in [-0.15, -0.1) is 0 Å². The summed E-state index contributed by atoms with van der Waals surface area (Å²) >= 11 is 0. The van der Waals surface area contributed by atoms with Crippen LogP contribution in [0.15, 0.2) is 48.5 Å². The van der Waals surface area contributed by atoms with Crippen LogP contribution < -0.4 is 0 Å². The van der Waals surface area contributed by atoms with Crippen molar-refractivity contribution < 1.29 is 5.11 Å². The fraction of sp³-hybridized carbons (Fsp3) is 0.429. The number of aromatic hydroxyl groups is 1. The van der Waals surface area contributed by atoms with E-state index in [1.165, 1.54) is 16.7 Å². The van der Waals surface area contributed by atoms with Crippen LogP contribution in [0.3, 0.4) is 0 Å². The molecule has 0 heterocycles. The van der Waals surface area contributed by atoms with Gasteiger partial charge in [0, 0.05) is 19.6 Å². The Labute approximate surface area is 153 Å². The van der Waals surface area contributed by atoms with Crippen molar-refractivity contribution in [3.8, 4) is 5.75 Å². The van der Waals surface area contributed by atoms with E-state index in [1.807, 2.05) is 6.07 Å². The molecule has 0 amide bonds. The molecule has 0 bridgehead atoms. The lowest BCUT2D eigenvalue weighted by atomic mass is 10.0. The largest absolute Gasteiger partial charge is 0.508 e. The van der Waals surface area contributed by atoms with E-state index in [2.05, 4.69) is 75.2 Å². The molecule has 0 unspecified atom stereocenters. The number of hydrogen-bond donors (Lipinski definition) is 1. The van der Waals surface area contributed by atoms with Crippen molar-refractivity contribution in [2.45, 2.75) is 19.6 Å². The third-order valence-corrected chi connectivity index (χ3v) is 3.36. The molecule has 0 radical (unpaired) electrons. The Hall–Kier alpha value is -1.88. The van der Waals surface area contributed by atoms with Crippen LogP contribution >= 0.6 is 0 Å². The summed E-state index contributed by atoms with van der Waals surface area (Å²) in [4.78, 5) is 6.65. The molecule has 138 valence electrons. The maximum Gasteiger partial charge on any atom is 0.115 e. The molecular formula is C21H33N3O. The number of hydrogen-bond acceptors (Lipinski definition) is 4. The highest BCUT2D eigenvalue weighted by Crippen LogP contribution is 2.14. The number of nitrogens with zero attached hydrogens (tertiary/aromatic N) is 3. The first kappa shape index (κ1) is 21.2. The highest BCUT2D eigenvalue weighted by Gasteiger charge is 2.04. The minimum absolute atomic E-state index is 0.322. The van der Waals surface area contributed by atoms with Crippen molar-refractivity contribution in [2.24, 2.45) is 0 Å². The van der Waals surface area contributed by atoms with Crippen molar-refractivity contribution in [2.75, 3.05) is 42.3 Å². The van der Waals surface area contributed by atoms with Gasteiger partial charge in [0.05, 0.1) is 0 Å². The second-order valence-electron chi connectivity index (χ2n) is 7.21. The van der Waals surface area contributed by atoms with Gasteiger partial charge in [0.15, 0.2) is 0 Å². The zero-order chi connectivity index (χ0) is 18.8. The molecule has 4 nitrogen and oxygen atoms in total. The maximum absolute atomic E-state index is 8.63. The predicted molar refractivity (Wildman–Crippen MR) is 107 cm³/mol. The summed E-state index contributed by atoms with van der Waals surface area (Å²) in [7, 11) is 12.7. The normalized spacial score (nSPS) is 10.9. The molecule has 25 heavy (non-hydrogen) atoms. The summed E-state index contributed by atoms with van der Waals surface area (Å²) in [5, 5.41) is 8.63. The molecule has 0 fully saturated rings. The fourth-order valence-electron chi connectivity index (χ4n) is 2.64. The topological polar surface area (TPSA) is 30.0 Å². The fourth-order valence-corrected chi connectivity index (χ4v) is 2.64. The van der Waals surface area contributed by atoms with Gasteiger partial charge in [-0.1, -0.05) is 36.4 Å². The number of phenolic OH excluding ortho intramolecular Hbond substituents is 1. The van der Waals surface area contributed by atoms with E-state index in [0.29, 0.717) is 5.75 Å². The van der Waals surface area contributed by atoms with E-state index >= 15 is 0 Å². The number of phenols is 1. The minimum Gasteiger partial charge on any atom is -0.508 e. The van der Waals surface area contributed by atoms with E-state index < -0.39 is 0 Å². The number of benzene rings is 2. The third-order valence-electron chi connectivity index (χ3n) is 3.36. The standard InChI is InChI=1S/C15H27N3.C6H6O/c1-16(2)10-13-7-14(11-17(3)4)9-15(8-13)12-18(5)6;7-6-4-2-1-3-5-6/h7-9H,10-12H2,1-6H3;1-5,7H. The predicted octanol–water partition coefficient (Wildman–Crippen LogP) is 3.26. The van der Waals surface area contributed by atoms with Crippen molar-refractivity contribution in [3.63, 3.8) is 0 Å². The second-order valence-corrected chi connectivity index (χ2v) is 7.21. The molecule has 0 saturated carbocycles. The minimum atomic E-state index is 0.322. The maximum atomic E-state index is 8.63. The van der Waals surface area contributed by atoms with Crippen molar-refractivity contribution in [1.82, 2.24) is 14.7 Å². The van der Waals surface area contributed by atoms with Crippen LogP contribution in [0.25, 0.3) is 0 Å². The van der Waals surface area contributed by atoms with Gasteiger partial charge in [0.1, 0.15) is 5.75 Å². The molecule has 2 rings (SSSR count). The first-order chi connectivity index (χ1) is 11.8. The smallest absolute Gasteiger partial charge is 0.115 e. The zero-order valence-electron chi connectivity index (χ0n) is 16.5. The lowest BCUT2D eigenvalue weighted by molar-refractivity contribution is 0.389. The molecule has 0 spiro atoms. The molecule has 0 saturated heterocycles. The van der Waals surface area contributed by atoms with Crippen LogP contribution in [-0.4, -0.2) is 62.1 Å². The molecular weight excluding hydrogens is 310 g/mol. The van der Waals surface area contributed by atoms with Gasteiger partial charge in [0.25, 0.3) is 0 Å². The van der Waals surface area contributed by atoms with Crippen LogP contribution in [-0.2, 0) is 19.6 Å². The summed E-state index contributed by atoms with van der Waals surface area (Å²) in [6.07, 6.45) is 0. The third kappa shape index (κ3) is 9.87. The van der Waals surface area contributed by atoms with Gasteiger partial charge in [-0.05, 0) is 71.1 Å². The Balaban J connectivity index is 0.000000370. The Kier molecular flexibility index (Phi) is 9.21. The lowest BCUT2D eigenvalue weighted by Gasteiger charge is -2.17. The van der Waals surface area contributed by atoms with Crippen molar-refractivity contribution >= 4 is 0 Å². The quantitative estimate of drug-likeness (QED) is 0.872. The Bertz CT molecular complexity index is 540. The van der Waals surface area contributed by atoms with Crippen LogP contribution in [0.2, 0.25) is 0 Å². The molecule has 0 atom stereocenters. The van der Waals surface area contributed by atoms with E-state index in [-0.39, 0.29) is 0 Å². The average Bonchev–Trinajstić information content (AvgIpc) is 2.46. The van der Waals surface area contributed by atoms with Crippen molar-refractivity contribution in [3.05, 3.63) is 65.2 Å². The highest BCUT2D eigenvalue weighted by molar-refractivity contribution is 5.30. The van der Waals surface area contributed by atoms with Gasteiger partial charge in [-0.25, -0.2) is 0 Å². The SMILES string of the molecule is CN(C)Cc1cc(CN(C)C)cc(CN(C)C)c1.Oc1ccccc1. The lowest BCUT2D eigenvalue weighted by Crippen LogP contribution is -2.16. The van der Waals surface area contributed by atoms with Crippen LogP contribution in [0.5, 0.6) is 5.75 Å².